The van der Waals surface area contributed by atoms with Crippen LogP contribution in [0.5, 0.6) is 0 Å². The molecule has 0 aliphatic heterocycles. The molecule has 0 bridgehead atoms. The van der Waals surface area contributed by atoms with Crippen molar-refractivity contribution in [1.29, 1.82) is 0 Å². The predicted molar refractivity (Wildman–Crippen MR) is 168 cm³/mol. The summed E-state index contributed by atoms with van der Waals surface area (Å²) in [6.07, 6.45) is 10.7. The van der Waals surface area contributed by atoms with Gasteiger partial charge in [0.25, 0.3) is 0 Å². The number of fused-ring (bicyclic) bond motifs is 10. The molecule has 0 unspecified atom stereocenters. The molecule has 40 heavy (non-hydrogen) atoms. The maximum absolute atomic E-state index is 4.57. The summed E-state index contributed by atoms with van der Waals surface area (Å²) in [7, 11) is 0. The van der Waals surface area contributed by atoms with Gasteiger partial charge in [0.05, 0.1) is 27.8 Å². The molecule has 5 aromatic carbocycles. The van der Waals surface area contributed by atoms with Gasteiger partial charge < -0.3 is 9.13 Å². The maximum atomic E-state index is 4.57. The highest BCUT2D eigenvalue weighted by molar-refractivity contribution is 6.26. The Kier molecular flexibility index (Phi) is 4.44. The largest absolute Gasteiger partial charge is 0.309 e. The minimum atomic E-state index is 1.06. The number of rotatable bonds is 2. The number of aryl methyl sites for hydroxylation is 1. The van der Waals surface area contributed by atoms with Crippen molar-refractivity contribution in [2.45, 2.75) is 12.8 Å². The van der Waals surface area contributed by atoms with E-state index in [0.717, 1.165) is 12.8 Å². The van der Waals surface area contributed by atoms with Gasteiger partial charge in [-0.15, -0.1) is 0 Å². The highest BCUT2D eigenvalue weighted by atomic mass is 15.0. The average Bonchev–Trinajstić information content (AvgIpc) is 3.54. The molecule has 1 aliphatic carbocycles. The minimum Gasteiger partial charge on any atom is -0.309 e. The number of hydrogen-bond acceptors (Lipinski definition) is 1. The van der Waals surface area contributed by atoms with Gasteiger partial charge in [0.1, 0.15) is 0 Å². The van der Waals surface area contributed by atoms with Crippen LogP contribution in [-0.2, 0) is 6.42 Å². The summed E-state index contributed by atoms with van der Waals surface area (Å²) in [4.78, 5) is 4.57. The van der Waals surface area contributed by atoms with Crippen molar-refractivity contribution in [2.75, 3.05) is 0 Å². The first-order chi connectivity index (χ1) is 19.9. The minimum absolute atomic E-state index is 1.06. The number of allylic oxidation sites excluding steroid dienone is 1. The molecule has 188 valence electrons. The van der Waals surface area contributed by atoms with E-state index < -0.39 is 0 Å². The molecule has 0 amide bonds. The number of aromatic nitrogens is 3. The molecule has 0 atom stereocenters. The second-order valence-corrected chi connectivity index (χ2v) is 10.7. The lowest BCUT2D eigenvalue weighted by molar-refractivity contribution is 0.989. The SMILES string of the molecule is C1=Cc2c(-n3c4ccncc4c4ccc5c(c6ccccc6n5-c5ccccc5)c43)cc3ccccc3c2CC1. The molecular formula is C37H25N3. The lowest BCUT2D eigenvalue weighted by atomic mass is 9.90. The van der Waals surface area contributed by atoms with Crippen molar-refractivity contribution in [2.24, 2.45) is 0 Å². The van der Waals surface area contributed by atoms with E-state index in [0.29, 0.717) is 0 Å². The molecule has 8 aromatic rings. The molecular weight excluding hydrogens is 486 g/mol. The van der Waals surface area contributed by atoms with Crippen molar-refractivity contribution in [3.8, 4) is 11.4 Å². The Hall–Kier alpha value is -5.15. The van der Waals surface area contributed by atoms with E-state index in [2.05, 4.69) is 129 Å². The Labute approximate surface area is 231 Å². The van der Waals surface area contributed by atoms with Crippen LogP contribution in [0.2, 0.25) is 0 Å². The zero-order chi connectivity index (χ0) is 26.2. The van der Waals surface area contributed by atoms with Gasteiger partial charge in [-0.25, -0.2) is 0 Å². The van der Waals surface area contributed by atoms with Crippen LogP contribution in [0.3, 0.4) is 0 Å². The van der Waals surface area contributed by atoms with Crippen LogP contribution in [-0.4, -0.2) is 14.1 Å². The lowest BCUT2D eigenvalue weighted by Crippen LogP contribution is -2.04. The standard InChI is InChI=1S/C37H25N3/c1-2-11-25(12-3-1)39-32-17-9-8-16-30(32)36-34(39)19-18-29-31-23-38-21-20-33(31)40(37(29)36)35-22-24-10-4-5-13-26(24)27-14-6-7-15-28(27)35/h1-5,7-13,15-23H,6,14H2. The summed E-state index contributed by atoms with van der Waals surface area (Å²) in [6, 6.07) is 37.5. The van der Waals surface area contributed by atoms with Crippen LogP contribution >= 0.6 is 0 Å². The number of nitrogens with zero attached hydrogens (tertiary/aromatic N) is 3. The fourth-order valence-electron chi connectivity index (χ4n) is 7.00. The van der Waals surface area contributed by atoms with Crippen LogP contribution in [0, 0.1) is 0 Å². The van der Waals surface area contributed by atoms with Gasteiger partial charge in [0.2, 0.25) is 0 Å². The molecule has 0 saturated heterocycles. The maximum Gasteiger partial charge on any atom is 0.0642 e. The highest BCUT2D eigenvalue weighted by Gasteiger charge is 2.23. The second-order valence-electron chi connectivity index (χ2n) is 10.7. The lowest BCUT2D eigenvalue weighted by Gasteiger charge is -2.20. The Bertz CT molecular complexity index is 2320. The molecule has 0 fully saturated rings. The fraction of sp³-hybridized carbons (Fsp3) is 0.0541. The van der Waals surface area contributed by atoms with Crippen molar-refractivity contribution in [3.63, 3.8) is 0 Å². The molecule has 1 aliphatic rings. The van der Waals surface area contributed by atoms with Gasteiger partial charge in [-0.3, -0.25) is 4.98 Å². The normalized spacial score (nSPS) is 13.2. The zero-order valence-electron chi connectivity index (χ0n) is 21.9. The van der Waals surface area contributed by atoms with Crippen LogP contribution in [0.1, 0.15) is 17.5 Å². The van der Waals surface area contributed by atoms with Gasteiger partial charge in [0.15, 0.2) is 0 Å². The molecule has 3 heterocycles. The molecule has 0 saturated carbocycles. The summed E-state index contributed by atoms with van der Waals surface area (Å²) < 4.78 is 4.91. The predicted octanol–water partition coefficient (Wildman–Crippen LogP) is 9.39. The fourth-order valence-corrected chi connectivity index (χ4v) is 7.00. The smallest absolute Gasteiger partial charge is 0.0642 e. The van der Waals surface area contributed by atoms with E-state index in [9.17, 15) is 0 Å². The highest BCUT2D eigenvalue weighted by Crippen LogP contribution is 2.43. The van der Waals surface area contributed by atoms with Crippen molar-refractivity contribution in [1.82, 2.24) is 14.1 Å². The Morgan fingerprint density at radius 2 is 1.43 bits per heavy atom. The Morgan fingerprint density at radius 1 is 0.625 bits per heavy atom. The van der Waals surface area contributed by atoms with E-state index in [1.165, 1.54) is 76.9 Å². The Morgan fingerprint density at radius 3 is 2.35 bits per heavy atom. The third-order valence-corrected chi connectivity index (χ3v) is 8.64. The van der Waals surface area contributed by atoms with Crippen LogP contribution in [0.4, 0.5) is 0 Å². The molecule has 3 heteroatoms. The summed E-state index contributed by atoms with van der Waals surface area (Å²) in [5.41, 5.74) is 10.0. The van der Waals surface area contributed by atoms with Gasteiger partial charge in [-0.1, -0.05) is 78.9 Å². The van der Waals surface area contributed by atoms with Gasteiger partial charge >= 0.3 is 0 Å². The zero-order valence-corrected chi connectivity index (χ0v) is 21.9. The number of benzene rings is 5. The van der Waals surface area contributed by atoms with Crippen LogP contribution in [0.25, 0.3) is 71.8 Å². The van der Waals surface area contributed by atoms with Gasteiger partial charge in [-0.05, 0) is 65.6 Å². The van der Waals surface area contributed by atoms with Gasteiger partial charge in [-0.2, -0.15) is 0 Å². The Balaban J connectivity index is 1.53. The monoisotopic (exact) mass is 511 g/mol. The van der Waals surface area contributed by atoms with E-state index in [4.69, 9.17) is 0 Å². The molecule has 3 aromatic heterocycles. The summed E-state index contributed by atoms with van der Waals surface area (Å²) in [5, 5.41) is 7.59. The quantitative estimate of drug-likeness (QED) is 0.227. The topological polar surface area (TPSA) is 22.8 Å². The summed E-state index contributed by atoms with van der Waals surface area (Å²) >= 11 is 0. The van der Waals surface area contributed by atoms with E-state index >= 15 is 0 Å². The molecule has 0 radical (unpaired) electrons. The number of pyridine rings is 1. The van der Waals surface area contributed by atoms with Crippen molar-refractivity contribution < 1.29 is 0 Å². The van der Waals surface area contributed by atoms with E-state index in [1.807, 2.05) is 12.4 Å². The van der Waals surface area contributed by atoms with E-state index in [-0.39, 0.29) is 0 Å². The first-order valence-electron chi connectivity index (χ1n) is 14.0. The summed E-state index contributed by atoms with van der Waals surface area (Å²) in [5.74, 6) is 0. The first-order valence-corrected chi connectivity index (χ1v) is 14.0. The first kappa shape index (κ1) is 21.7. The van der Waals surface area contributed by atoms with Gasteiger partial charge in [0, 0.05) is 45.2 Å². The van der Waals surface area contributed by atoms with Crippen LogP contribution in [0.15, 0.2) is 122 Å². The van der Waals surface area contributed by atoms with E-state index in [1.54, 1.807) is 0 Å². The molecule has 9 rings (SSSR count). The molecule has 3 nitrogen and oxygen atoms in total. The van der Waals surface area contributed by atoms with Crippen LogP contribution < -0.4 is 0 Å². The van der Waals surface area contributed by atoms with Crippen molar-refractivity contribution in [3.05, 3.63) is 133 Å². The van der Waals surface area contributed by atoms with Crippen molar-refractivity contribution >= 4 is 60.5 Å². The third kappa shape index (κ3) is 2.86. The number of hydrogen-bond donors (Lipinski definition) is 0. The third-order valence-electron chi connectivity index (χ3n) is 8.64. The number of para-hydroxylation sites is 2. The average molecular weight is 512 g/mol. The molecule has 0 spiro atoms. The summed E-state index contributed by atoms with van der Waals surface area (Å²) in [6.45, 7) is 0. The molecule has 0 N–H and O–H groups in total. The second kappa shape index (κ2) is 8.17.